The lowest BCUT2D eigenvalue weighted by atomic mass is 9.94. The lowest BCUT2D eigenvalue weighted by Gasteiger charge is -2.37. The number of nitrogens with one attached hydrogen (secondary N) is 1. The number of alkyl halides is 2. The van der Waals surface area contributed by atoms with E-state index in [9.17, 15) is 9.59 Å². The first-order valence-corrected chi connectivity index (χ1v) is 17.5. The number of fused-ring (bicyclic) bond motifs is 5. The predicted octanol–water partition coefficient (Wildman–Crippen LogP) is 6.11. The van der Waals surface area contributed by atoms with Gasteiger partial charge in [0.2, 0.25) is 5.91 Å². The molecule has 5 heterocycles. The van der Waals surface area contributed by atoms with E-state index in [4.69, 9.17) is 15.7 Å². The van der Waals surface area contributed by atoms with Gasteiger partial charge in [0.1, 0.15) is 17.0 Å². The van der Waals surface area contributed by atoms with Crippen molar-refractivity contribution in [3.05, 3.63) is 47.4 Å². The Hall–Kier alpha value is -3.93. The fourth-order valence-corrected chi connectivity index (χ4v) is 8.72. The first-order valence-electron chi connectivity index (χ1n) is 17.5. The van der Waals surface area contributed by atoms with E-state index < -0.39 is 24.3 Å². The number of halogens is 3. The highest BCUT2D eigenvalue weighted by molar-refractivity contribution is 5.98. The lowest BCUT2D eigenvalue weighted by Crippen LogP contribution is -2.51. The number of hydrogen-bond donors (Lipinski definition) is 2. The molecule has 3 saturated carbocycles. The topological polar surface area (TPSA) is 111 Å². The van der Waals surface area contributed by atoms with Crippen LogP contribution in [0, 0.1) is 23.6 Å². The molecule has 0 unspecified atom stereocenters. The number of rotatable bonds is 3. The van der Waals surface area contributed by atoms with Crippen molar-refractivity contribution in [2.75, 3.05) is 6.54 Å². The van der Waals surface area contributed by atoms with Gasteiger partial charge in [-0.1, -0.05) is 0 Å². The molecule has 9 rings (SSSR count). The second-order valence-corrected chi connectivity index (χ2v) is 15.1. The summed E-state index contributed by atoms with van der Waals surface area (Å²) in [6, 6.07) is 7.96. The number of pyridine rings is 1. The van der Waals surface area contributed by atoms with Crippen molar-refractivity contribution in [1.29, 1.82) is 0 Å². The number of nitrogens with two attached hydrogens (primary N) is 1. The molecule has 12 heteroatoms. The van der Waals surface area contributed by atoms with Crippen LogP contribution >= 0.6 is 0 Å². The summed E-state index contributed by atoms with van der Waals surface area (Å²) in [5, 5.41) is 3.72. The summed E-state index contributed by atoms with van der Waals surface area (Å²) in [5.74, 6) is -3.09. The van der Waals surface area contributed by atoms with Crippen LogP contribution in [0.3, 0.4) is 0 Å². The minimum Gasteiger partial charge on any atom is -0.348 e. The Kier molecular flexibility index (Phi) is 6.78. The highest BCUT2D eigenvalue weighted by Crippen LogP contribution is 2.46. The van der Waals surface area contributed by atoms with Crippen LogP contribution in [0.25, 0.3) is 33.6 Å². The normalized spacial score (nSPS) is 30.0. The zero-order valence-corrected chi connectivity index (χ0v) is 27.0. The first-order chi connectivity index (χ1) is 23.0. The Morgan fingerprint density at radius 2 is 1.83 bits per heavy atom. The summed E-state index contributed by atoms with van der Waals surface area (Å²) in [6.45, 7) is 1.70. The van der Waals surface area contributed by atoms with Crippen molar-refractivity contribution in [3.8, 4) is 11.5 Å². The summed E-state index contributed by atoms with van der Waals surface area (Å²) in [5.41, 5.74) is 8.57. The van der Waals surface area contributed by atoms with Crippen LogP contribution in [0.2, 0.25) is 0 Å². The van der Waals surface area contributed by atoms with E-state index in [-0.39, 0.29) is 59.3 Å². The van der Waals surface area contributed by atoms with E-state index in [1.54, 1.807) is 17.0 Å². The molecule has 4 aromatic rings. The van der Waals surface area contributed by atoms with Gasteiger partial charge in [-0.15, -0.1) is 0 Å². The van der Waals surface area contributed by atoms with Gasteiger partial charge < -0.3 is 25.1 Å². The highest BCUT2D eigenvalue weighted by atomic mass is 19.3. The number of aromatic nitrogens is 4. The Labute approximate surface area is 276 Å². The highest BCUT2D eigenvalue weighted by Gasteiger charge is 2.44. The Balaban J connectivity index is 1.16. The fourth-order valence-electron chi connectivity index (χ4n) is 8.72. The van der Waals surface area contributed by atoms with Crippen LogP contribution in [0.4, 0.5) is 13.2 Å². The number of benzene rings is 1. The second-order valence-electron chi connectivity index (χ2n) is 15.1. The van der Waals surface area contributed by atoms with Crippen LogP contribution in [0.15, 0.2) is 30.3 Å². The van der Waals surface area contributed by atoms with Crippen LogP contribution in [-0.2, 0) is 11.3 Å². The quantitative estimate of drug-likeness (QED) is 0.276. The molecular weight excluding hydrogens is 619 g/mol. The van der Waals surface area contributed by atoms with Gasteiger partial charge in [0.15, 0.2) is 5.82 Å². The number of imidazole rings is 1. The van der Waals surface area contributed by atoms with Crippen molar-refractivity contribution in [3.63, 3.8) is 0 Å². The third-order valence-electron chi connectivity index (χ3n) is 11.6. The number of nitrogens with zero attached hydrogens (tertiary/aromatic N) is 5. The van der Waals surface area contributed by atoms with E-state index in [0.29, 0.717) is 59.1 Å². The first kappa shape index (κ1) is 30.2. The van der Waals surface area contributed by atoms with Gasteiger partial charge in [-0.2, -0.15) is 0 Å². The van der Waals surface area contributed by atoms with Crippen molar-refractivity contribution in [2.45, 2.75) is 101 Å². The number of likely N-dealkylation sites (tertiary alicyclic amines) is 1. The van der Waals surface area contributed by atoms with Crippen LogP contribution in [-0.4, -0.2) is 60.4 Å². The predicted molar refractivity (Wildman–Crippen MR) is 174 cm³/mol. The van der Waals surface area contributed by atoms with Gasteiger partial charge >= 0.3 is 0 Å². The van der Waals surface area contributed by atoms with Crippen molar-refractivity contribution in [2.24, 2.45) is 23.5 Å². The molecule has 48 heavy (non-hydrogen) atoms. The summed E-state index contributed by atoms with van der Waals surface area (Å²) >= 11 is 0. The van der Waals surface area contributed by atoms with Gasteiger partial charge in [0.25, 0.3) is 11.8 Å². The Bertz CT molecular complexity index is 1980. The monoisotopic (exact) mass is 659 g/mol. The summed E-state index contributed by atoms with van der Waals surface area (Å²) in [6.07, 6.45) is 5.70. The van der Waals surface area contributed by atoms with Crippen LogP contribution in [0.5, 0.6) is 0 Å². The third-order valence-corrected chi connectivity index (χ3v) is 11.6. The molecule has 1 aromatic carbocycles. The van der Waals surface area contributed by atoms with E-state index in [1.165, 1.54) is 10.6 Å². The maximum atomic E-state index is 16.2. The molecule has 3 N–H and O–H groups in total. The SMILES string of the molecule is C[C@H]1NC(=O)[C@@H]2C[C@@H]2CCCC(F)(F)Cn2c(-c3nc4cc(C(=O)N5C[C@H](N)[C@@H]6CC[C@H]5C6)cc(F)c4n3C3CC3)cc3ccc1nc32. The van der Waals surface area contributed by atoms with E-state index in [0.717, 1.165) is 38.5 Å². The van der Waals surface area contributed by atoms with E-state index in [1.807, 2.05) is 23.6 Å². The molecule has 0 radical (unpaired) electrons. The maximum Gasteiger partial charge on any atom is 0.265 e. The molecule has 2 amide bonds. The zero-order chi connectivity index (χ0) is 33.1. The summed E-state index contributed by atoms with van der Waals surface area (Å²) in [4.78, 5) is 38.2. The molecule has 2 aliphatic heterocycles. The number of amides is 2. The largest absolute Gasteiger partial charge is 0.348 e. The van der Waals surface area contributed by atoms with Crippen LogP contribution in [0.1, 0.15) is 92.8 Å². The standard InChI is InChI=1S/C36H40F3N7O2/c1-18-28-9-5-21-15-30(45(32(21)42-28)17-36(38,39)10-2-3-19-12-25(19)34(47)41-18)33-43-29-14-22(13-26(37)31(29)46(33)23-7-8-23)35(48)44-16-27(40)20-4-6-24(44)11-20/h5,9,13-15,18-20,23-25,27H,2-4,6-8,10-12,16-17,40H2,1H3,(H,41,47)/t18-,19+,20-,24+,25-,27+/m1/s1. The molecule has 0 spiro atoms. The second kappa shape index (κ2) is 10.8. The molecule has 4 bridgehead atoms. The smallest absolute Gasteiger partial charge is 0.265 e. The van der Waals surface area contributed by atoms with Crippen LogP contribution < -0.4 is 11.1 Å². The molecule has 9 nitrogen and oxygen atoms in total. The summed E-state index contributed by atoms with van der Waals surface area (Å²) < 4.78 is 51.2. The minimum absolute atomic E-state index is 0.0355. The molecule has 4 fully saturated rings. The molecule has 3 aliphatic carbocycles. The summed E-state index contributed by atoms with van der Waals surface area (Å²) in [7, 11) is 0. The van der Waals surface area contributed by atoms with Gasteiger partial charge in [-0.25, -0.2) is 23.1 Å². The molecule has 5 aliphatic rings. The number of piperidine rings is 1. The van der Waals surface area contributed by atoms with Gasteiger partial charge in [-0.3, -0.25) is 9.59 Å². The molecule has 3 aromatic heterocycles. The van der Waals surface area contributed by atoms with Crippen molar-refractivity contribution in [1.82, 2.24) is 29.3 Å². The van der Waals surface area contributed by atoms with Crippen molar-refractivity contribution >= 4 is 33.9 Å². The molecular formula is C36H40F3N7O2. The molecule has 6 atom stereocenters. The van der Waals surface area contributed by atoms with E-state index >= 15 is 13.2 Å². The van der Waals surface area contributed by atoms with Gasteiger partial charge in [0, 0.05) is 48.0 Å². The lowest BCUT2D eigenvalue weighted by molar-refractivity contribution is -0.123. The number of hydrogen-bond acceptors (Lipinski definition) is 5. The number of carbonyl (C=O) groups is 2. The fraction of sp³-hybridized carbons (Fsp3) is 0.556. The number of carbonyl (C=O) groups excluding carboxylic acids is 2. The Morgan fingerprint density at radius 1 is 1.02 bits per heavy atom. The van der Waals surface area contributed by atoms with Gasteiger partial charge in [0.05, 0.1) is 29.5 Å². The van der Waals surface area contributed by atoms with E-state index in [2.05, 4.69) is 5.32 Å². The average Bonchev–Trinajstić information content (AvgIpc) is 3.93. The third kappa shape index (κ3) is 5.01. The molecule has 1 saturated heterocycles. The maximum absolute atomic E-state index is 16.2. The average molecular weight is 660 g/mol. The molecule has 252 valence electrons. The van der Waals surface area contributed by atoms with Gasteiger partial charge in [-0.05, 0) is 100 Å². The Morgan fingerprint density at radius 3 is 2.65 bits per heavy atom. The minimum atomic E-state index is -3.05. The van der Waals surface area contributed by atoms with Crippen molar-refractivity contribution < 1.29 is 22.8 Å². The zero-order valence-electron chi connectivity index (χ0n) is 27.0.